The fraction of sp³-hybridized carbons (Fsp3) is 0.929. The second-order valence-corrected chi connectivity index (χ2v) is 7.25. The molecule has 1 aliphatic carbocycles. The van der Waals surface area contributed by atoms with Crippen molar-refractivity contribution in [3.05, 3.63) is 0 Å². The van der Waals surface area contributed by atoms with Crippen molar-refractivity contribution in [2.24, 2.45) is 17.6 Å². The first kappa shape index (κ1) is 14.2. The van der Waals surface area contributed by atoms with Crippen LogP contribution in [0.4, 0.5) is 0 Å². The molecular formula is C14H26N2OS. The molecule has 4 heteroatoms. The van der Waals surface area contributed by atoms with E-state index in [1.807, 2.05) is 4.90 Å². The van der Waals surface area contributed by atoms with Gasteiger partial charge in [-0.3, -0.25) is 4.79 Å². The Hall–Kier alpha value is -0.220. The summed E-state index contributed by atoms with van der Waals surface area (Å²) in [7, 11) is 0. The van der Waals surface area contributed by atoms with Gasteiger partial charge in [0.15, 0.2) is 0 Å². The summed E-state index contributed by atoms with van der Waals surface area (Å²) in [6, 6.07) is 0.264. The van der Waals surface area contributed by atoms with Crippen LogP contribution in [0.2, 0.25) is 0 Å². The van der Waals surface area contributed by atoms with Crippen molar-refractivity contribution < 1.29 is 4.79 Å². The van der Waals surface area contributed by atoms with Crippen LogP contribution in [0.15, 0.2) is 0 Å². The van der Waals surface area contributed by atoms with E-state index in [2.05, 4.69) is 13.8 Å². The van der Waals surface area contributed by atoms with E-state index >= 15 is 0 Å². The zero-order valence-corrected chi connectivity index (χ0v) is 12.4. The first-order chi connectivity index (χ1) is 8.58. The van der Waals surface area contributed by atoms with Gasteiger partial charge in [-0.25, -0.2) is 0 Å². The van der Waals surface area contributed by atoms with E-state index in [1.54, 1.807) is 11.8 Å². The number of carbonyl (C=O) groups excluding carboxylic acids is 1. The van der Waals surface area contributed by atoms with Crippen LogP contribution in [-0.2, 0) is 4.79 Å². The zero-order valence-electron chi connectivity index (χ0n) is 11.6. The largest absolute Gasteiger partial charge is 0.342 e. The number of hydrogen-bond donors (Lipinski definition) is 1. The standard InChI is InChI=1S/C14H26N2OS/c1-10-7-11(2)14(12(15)8-10)18-9-13(17)16-5-3-4-6-16/h10-12,14H,3-9,15H2,1-2H3. The number of carbonyl (C=O) groups is 1. The minimum atomic E-state index is 0.264. The summed E-state index contributed by atoms with van der Waals surface area (Å²) in [5, 5.41) is 0.466. The Morgan fingerprint density at radius 1 is 1.28 bits per heavy atom. The van der Waals surface area contributed by atoms with Gasteiger partial charge in [0, 0.05) is 24.4 Å². The maximum atomic E-state index is 12.0. The molecule has 1 heterocycles. The number of nitrogens with zero attached hydrogens (tertiary/aromatic N) is 1. The molecule has 2 N–H and O–H groups in total. The lowest BCUT2D eigenvalue weighted by molar-refractivity contribution is -0.127. The lowest BCUT2D eigenvalue weighted by atomic mass is 9.80. The summed E-state index contributed by atoms with van der Waals surface area (Å²) in [6.45, 7) is 6.49. The van der Waals surface area contributed by atoms with Gasteiger partial charge in [0.2, 0.25) is 5.91 Å². The van der Waals surface area contributed by atoms with Gasteiger partial charge in [0.1, 0.15) is 0 Å². The number of likely N-dealkylation sites (tertiary alicyclic amines) is 1. The number of hydrogen-bond acceptors (Lipinski definition) is 3. The van der Waals surface area contributed by atoms with Crippen LogP contribution in [0.3, 0.4) is 0 Å². The van der Waals surface area contributed by atoms with Crippen molar-refractivity contribution in [2.75, 3.05) is 18.8 Å². The van der Waals surface area contributed by atoms with Gasteiger partial charge in [-0.1, -0.05) is 13.8 Å². The van der Waals surface area contributed by atoms with Gasteiger partial charge >= 0.3 is 0 Å². The lowest BCUT2D eigenvalue weighted by Gasteiger charge is -2.37. The van der Waals surface area contributed by atoms with E-state index < -0.39 is 0 Å². The van der Waals surface area contributed by atoms with Gasteiger partial charge in [0.25, 0.3) is 0 Å². The highest BCUT2D eigenvalue weighted by molar-refractivity contribution is 8.00. The number of amides is 1. The quantitative estimate of drug-likeness (QED) is 0.854. The molecule has 4 atom stereocenters. The third-order valence-electron chi connectivity index (χ3n) is 4.29. The molecule has 0 aromatic rings. The molecular weight excluding hydrogens is 244 g/mol. The fourth-order valence-corrected chi connectivity index (χ4v) is 4.71. The van der Waals surface area contributed by atoms with Crippen LogP contribution in [-0.4, -0.2) is 40.9 Å². The van der Waals surface area contributed by atoms with E-state index in [-0.39, 0.29) is 6.04 Å². The topological polar surface area (TPSA) is 46.3 Å². The minimum Gasteiger partial charge on any atom is -0.342 e. The highest BCUT2D eigenvalue weighted by Crippen LogP contribution is 2.35. The van der Waals surface area contributed by atoms with Crippen LogP contribution in [0, 0.1) is 11.8 Å². The summed E-state index contributed by atoms with van der Waals surface area (Å²) in [4.78, 5) is 14.0. The molecule has 1 saturated carbocycles. The highest BCUT2D eigenvalue weighted by atomic mass is 32.2. The average Bonchev–Trinajstić information content (AvgIpc) is 2.80. The predicted octanol–water partition coefficient (Wildman–Crippen LogP) is 2.10. The van der Waals surface area contributed by atoms with Crippen LogP contribution in [0.1, 0.15) is 39.5 Å². The number of rotatable bonds is 3. The van der Waals surface area contributed by atoms with Gasteiger partial charge in [0.05, 0.1) is 5.75 Å². The Morgan fingerprint density at radius 3 is 2.56 bits per heavy atom. The number of nitrogens with two attached hydrogens (primary N) is 1. The Bertz CT molecular complexity index is 280. The zero-order chi connectivity index (χ0) is 13.1. The average molecular weight is 270 g/mol. The molecule has 1 amide bonds. The predicted molar refractivity (Wildman–Crippen MR) is 77.6 cm³/mol. The highest BCUT2D eigenvalue weighted by Gasteiger charge is 2.32. The third kappa shape index (κ3) is 3.41. The van der Waals surface area contributed by atoms with E-state index in [1.165, 1.54) is 19.3 Å². The maximum absolute atomic E-state index is 12.0. The molecule has 0 aromatic carbocycles. The molecule has 0 spiro atoms. The first-order valence-corrected chi connectivity index (χ1v) is 8.27. The summed E-state index contributed by atoms with van der Waals surface area (Å²) >= 11 is 1.79. The minimum absolute atomic E-state index is 0.264. The van der Waals surface area contributed by atoms with Crippen molar-refractivity contribution in [1.82, 2.24) is 4.90 Å². The molecule has 4 unspecified atom stereocenters. The smallest absolute Gasteiger partial charge is 0.232 e. The van der Waals surface area contributed by atoms with Crippen molar-refractivity contribution in [2.45, 2.75) is 50.8 Å². The summed E-state index contributed by atoms with van der Waals surface area (Å²) < 4.78 is 0. The van der Waals surface area contributed by atoms with Crippen LogP contribution in [0.5, 0.6) is 0 Å². The van der Waals surface area contributed by atoms with E-state index in [9.17, 15) is 4.79 Å². The second-order valence-electron chi connectivity index (χ2n) is 6.08. The summed E-state index contributed by atoms with van der Waals surface area (Å²) in [6.07, 6.45) is 4.71. The van der Waals surface area contributed by atoms with Crippen molar-refractivity contribution in [3.8, 4) is 0 Å². The van der Waals surface area contributed by atoms with Crippen molar-refractivity contribution >= 4 is 17.7 Å². The molecule has 104 valence electrons. The Labute approximate surface area is 115 Å². The van der Waals surface area contributed by atoms with Crippen molar-refractivity contribution in [3.63, 3.8) is 0 Å². The van der Waals surface area contributed by atoms with Crippen molar-refractivity contribution in [1.29, 1.82) is 0 Å². The van der Waals surface area contributed by atoms with E-state index in [4.69, 9.17) is 5.73 Å². The lowest BCUT2D eigenvalue weighted by Crippen LogP contribution is -2.43. The first-order valence-electron chi connectivity index (χ1n) is 7.23. The van der Waals surface area contributed by atoms with E-state index in [0.717, 1.165) is 25.4 Å². The molecule has 18 heavy (non-hydrogen) atoms. The monoisotopic (exact) mass is 270 g/mol. The molecule has 2 aliphatic rings. The number of thioether (sulfide) groups is 1. The van der Waals surface area contributed by atoms with Gasteiger partial charge in [-0.15, -0.1) is 11.8 Å². The van der Waals surface area contributed by atoms with Crippen LogP contribution in [0.25, 0.3) is 0 Å². The molecule has 0 aromatic heterocycles. The van der Waals surface area contributed by atoms with Gasteiger partial charge in [-0.05, 0) is 37.5 Å². The SMILES string of the molecule is CC1CC(C)C(SCC(=O)N2CCCC2)C(N)C1. The van der Waals surface area contributed by atoms with Gasteiger partial charge < -0.3 is 10.6 Å². The summed E-state index contributed by atoms with van der Waals surface area (Å²) in [5.41, 5.74) is 6.25. The molecule has 2 fully saturated rings. The Kier molecular flexibility index (Phi) is 4.96. The maximum Gasteiger partial charge on any atom is 0.232 e. The fourth-order valence-electron chi connectivity index (χ4n) is 3.40. The molecule has 3 nitrogen and oxygen atoms in total. The second kappa shape index (κ2) is 6.29. The molecule has 0 radical (unpaired) electrons. The molecule has 1 aliphatic heterocycles. The third-order valence-corrected chi connectivity index (χ3v) is 5.90. The summed E-state index contributed by atoms with van der Waals surface area (Å²) in [5.74, 6) is 2.31. The van der Waals surface area contributed by atoms with Crippen LogP contribution >= 0.6 is 11.8 Å². The molecule has 0 bridgehead atoms. The van der Waals surface area contributed by atoms with E-state index in [0.29, 0.717) is 22.8 Å². The normalized spacial score (nSPS) is 36.9. The molecule has 2 rings (SSSR count). The van der Waals surface area contributed by atoms with Crippen LogP contribution < -0.4 is 5.73 Å². The Balaban J connectivity index is 1.79. The van der Waals surface area contributed by atoms with Gasteiger partial charge in [-0.2, -0.15) is 0 Å². The molecule has 1 saturated heterocycles. The Morgan fingerprint density at radius 2 is 1.94 bits per heavy atom.